The Morgan fingerprint density at radius 1 is 1.06 bits per heavy atom. The molecule has 1 amide bonds. The van der Waals surface area contributed by atoms with Crippen LogP contribution in [0.3, 0.4) is 0 Å². The normalized spacial score (nSPS) is 12.4. The van der Waals surface area contributed by atoms with Gasteiger partial charge in [0.25, 0.3) is 0 Å². The van der Waals surface area contributed by atoms with Crippen LogP contribution in [0.25, 0.3) is 0 Å². The van der Waals surface area contributed by atoms with Crippen LogP contribution < -0.4 is 5.32 Å². The van der Waals surface area contributed by atoms with Crippen LogP contribution in [-0.4, -0.2) is 23.7 Å². The number of hydrogen-bond acceptors (Lipinski definition) is 2. The Labute approximate surface area is 112 Å². The van der Waals surface area contributed by atoms with E-state index in [4.69, 9.17) is 5.11 Å². The first-order chi connectivity index (χ1) is 8.70. The molecule has 0 aromatic heterocycles. The van der Waals surface area contributed by atoms with E-state index in [0.717, 1.165) is 19.3 Å². The molecule has 0 aromatic carbocycles. The Bertz CT molecular complexity index is 195. The van der Waals surface area contributed by atoms with E-state index >= 15 is 0 Å². The molecule has 0 aliphatic carbocycles. The Balaban J connectivity index is 3.31. The van der Waals surface area contributed by atoms with Crippen molar-refractivity contribution in [3.8, 4) is 0 Å². The Morgan fingerprint density at radius 2 is 1.67 bits per heavy atom. The largest absolute Gasteiger partial charge is 0.396 e. The van der Waals surface area contributed by atoms with Gasteiger partial charge in [-0.15, -0.1) is 0 Å². The lowest BCUT2D eigenvalue weighted by molar-refractivity contribution is -0.121. The lowest BCUT2D eigenvalue weighted by Crippen LogP contribution is -2.32. The van der Waals surface area contributed by atoms with Crippen LogP contribution in [-0.2, 0) is 4.79 Å². The van der Waals surface area contributed by atoms with E-state index in [1.54, 1.807) is 0 Å². The maximum absolute atomic E-state index is 11.6. The third-order valence-electron chi connectivity index (χ3n) is 3.21. The van der Waals surface area contributed by atoms with Crippen molar-refractivity contribution in [1.82, 2.24) is 5.32 Å². The summed E-state index contributed by atoms with van der Waals surface area (Å²) in [5.74, 6) is 0.161. The molecule has 18 heavy (non-hydrogen) atoms. The van der Waals surface area contributed by atoms with Gasteiger partial charge in [-0.2, -0.15) is 0 Å². The van der Waals surface area contributed by atoms with E-state index in [1.165, 1.54) is 38.5 Å². The number of hydrogen-bond donors (Lipinski definition) is 2. The fourth-order valence-corrected chi connectivity index (χ4v) is 2.06. The minimum absolute atomic E-state index is 0.161. The highest BCUT2D eigenvalue weighted by Crippen LogP contribution is 2.08. The van der Waals surface area contributed by atoms with Crippen molar-refractivity contribution in [3.63, 3.8) is 0 Å². The zero-order chi connectivity index (χ0) is 13.6. The van der Waals surface area contributed by atoms with E-state index in [0.29, 0.717) is 6.42 Å². The summed E-state index contributed by atoms with van der Waals surface area (Å²) < 4.78 is 0. The van der Waals surface area contributed by atoms with Crippen LogP contribution in [0, 0.1) is 0 Å². The molecular weight excluding hydrogens is 226 g/mol. The molecule has 1 unspecified atom stereocenters. The van der Waals surface area contributed by atoms with Gasteiger partial charge in [-0.1, -0.05) is 45.4 Å². The highest BCUT2D eigenvalue weighted by molar-refractivity contribution is 5.76. The van der Waals surface area contributed by atoms with Crippen LogP contribution in [0.15, 0.2) is 0 Å². The summed E-state index contributed by atoms with van der Waals surface area (Å²) in [6.07, 6.45) is 11.0. The average molecular weight is 257 g/mol. The fourth-order valence-electron chi connectivity index (χ4n) is 2.06. The number of carbonyl (C=O) groups is 1. The van der Waals surface area contributed by atoms with Crippen LogP contribution in [0.5, 0.6) is 0 Å². The van der Waals surface area contributed by atoms with Gasteiger partial charge in [0.15, 0.2) is 0 Å². The molecule has 0 radical (unpaired) electrons. The summed E-state index contributed by atoms with van der Waals surface area (Å²) in [4.78, 5) is 11.6. The summed E-state index contributed by atoms with van der Waals surface area (Å²) in [5, 5.41) is 11.7. The van der Waals surface area contributed by atoms with Gasteiger partial charge in [0.2, 0.25) is 5.91 Å². The van der Waals surface area contributed by atoms with Crippen LogP contribution >= 0.6 is 0 Å². The topological polar surface area (TPSA) is 49.3 Å². The van der Waals surface area contributed by atoms with E-state index < -0.39 is 0 Å². The first-order valence-corrected chi connectivity index (χ1v) is 7.61. The molecule has 0 heterocycles. The number of aliphatic hydroxyl groups is 1. The second-order valence-electron chi connectivity index (χ2n) is 5.21. The summed E-state index contributed by atoms with van der Waals surface area (Å²) >= 11 is 0. The van der Waals surface area contributed by atoms with Gasteiger partial charge in [-0.3, -0.25) is 4.79 Å². The van der Waals surface area contributed by atoms with E-state index in [9.17, 15) is 4.79 Å². The second kappa shape index (κ2) is 12.9. The standard InChI is InChI=1S/C15H31NO2/c1-3-4-5-6-7-8-9-12-15(18)16-14(2)11-10-13-17/h14,17H,3-13H2,1-2H3,(H,16,18). The molecule has 0 aliphatic heterocycles. The van der Waals surface area contributed by atoms with Crippen molar-refractivity contribution < 1.29 is 9.90 Å². The van der Waals surface area contributed by atoms with Crippen LogP contribution in [0.1, 0.15) is 78.1 Å². The number of rotatable bonds is 12. The second-order valence-corrected chi connectivity index (χ2v) is 5.21. The molecule has 3 nitrogen and oxygen atoms in total. The van der Waals surface area contributed by atoms with Gasteiger partial charge in [-0.25, -0.2) is 0 Å². The quantitative estimate of drug-likeness (QED) is 0.526. The van der Waals surface area contributed by atoms with Gasteiger partial charge in [-0.05, 0) is 26.2 Å². The van der Waals surface area contributed by atoms with Crippen molar-refractivity contribution >= 4 is 5.91 Å². The van der Waals surface area contributed by atoms with Crippen molar-refractivity contribution in [1.29, 1.82) is 0 Å². The van der Waals surface area contributed by atoms with Crippen molar-refractivity contribution in [2.45, 2.75) is 84.1 Å². The SMILES string of the molecule is CCCCCCCCCC(=O)NC(C)CCCO. The summed E-state index contributed by atoms with van der Waals surface area (Å²) in [5.41, 5.74) is 0. The molecule has 2 N–H and O–H groups in total. The molecule has 108 valence electrons. The predicted molar refractivity (Wildman–Crippen MR) is 76.5 cm³/mol. The predicted octanol–water partition coefficient (Wildman–Crippen LogP) is 3.40. The Kier molecular flexibility index (Phi) is 12.5. The van der Waals surface area contributed by atoms with E-state index in [-0.39, 0.29) is 18.6 Å². The monoisotopic (exact) mass is 257 g/mol. The third kappa shape index (κ3) is 11.9. The van der Waals surface area contributed by atoms with Crippen molar-refractivity contribution in [2.24, 2.45) is 0 Å². The molecule has 0 spiro atoms. The number of aliphatic hydroxyl groups excluding tert-OH is 1. The number of amides is 1. The molecule has 0 saturated carbocycles. The molecule has 0 rings (SSSR count). The van der Waals surface area contributed by atoms with Gasteiger partial charge < -0.3 is 10.4 Å². The molecule has 0 aliphatic rings. The highest BCUT2D eigenvalue weighted by Gasteiger charge is 2.06. The molecule has 3 heteroatoms. The Hall–Kier alpha value is -0.570. The zero-order valence-corrected chi connectivity index (χ0v) is 12.2. The summed E-state index contributed by atoms with van der Waals surface area (Å²) in [6, 6.07) is 0.189. The third-order valence-corrected chi connectivity index (χ3v) is 3.21. The van der Waals surface area contributed by atoms with E-state index in [2.05, 4.69) is 12.2 Å². The molecule has 1 atom stereocenters. The van der Waals surface area contributed by atoms with Crippen molar-refractivity contribution in [2.75, 3.05) is 6.61 Å². The highest BCUT2D eigenvalue weighted by atomic mass is 16.2. The maximum Gasteiger partial charge on any atom is 0.220 e. The zero-order valence-electron chi connectivity index (χ0n) is 12.2. The van der Waals surface area contributed by atoms with E-state index in [1.807, 2.05) is 6.92 Å². The smallest absolute Gasteiger partial charge is 0.220 e. The van der Waals surface area contributed by atoms with Gasteiger partial charge in [0, 0.05) is 19.1 Å². The average Bonchev–Trinajstić information content (AvgIpc) is 2.35. The Morgan fingerprint density at radius 3 is 2.28 bits per heavy atom. The minimum atomic E-state index is 0.161. The molecule has 0 saturated heterocycles. The molecule has 0 bridgehead atoms. The lowest BCUT2D eigenvalue weighted by Gasteiger charge is -2.12. The number of nitrogens with one attached hydrogen (secondary N) is 1. The number of carbonyl (C=O) groups excluding carboxylic acids is 1. The first kappa shape index (κ1) is 17.4. The molecular formula is C15H31NO2. The maximum atomic E-state index is 11.6. The van der Waals surface area contributed by atoms with Crippen LogP contribution in [0.2, 0.25) is 0 Å². The van der Waals surface area contributed by atoms with Gasteiger partial charge in [0.1, 0.15) is 0 Å². The van der Waals surface area contributed by atoms with Gasteiger partial charge in [0.05, 0.1) is 0 Å². The lowest BCUT2D eigenvalue weighted by atomic mass is 10.1. The molecule has 0 aromatic rings. The van der Waals surface area contributed by atoms with Crippen LogP contribution in [0.4, 0.5) is 0 Å². The first-order valence-electron chi connectivity index (χ1n) is 7.61. The number of unbranched alkanes of at least 4 members (excludes halogenated alkanes) is 6. The molecule has 0 fully saturated rings. The minimum Gasteiger partial charge on any atom is -0.396 e. The van der Waals surface area contributed by atoms with Gasteiger partial charge >= 0.3 is 0 Å². The summed E-state index contributed by atoms with van der Waals surface area (Å²) in [6.45, 7) is 4.43. The fraction of sp³-hybridized carbons (Fsp3) is 0.933. The van der Waals surface area contributed by atoms with Crippen molar-refractivity contribution in [3.05, 3.63) is 0 Å². The summed E-state index contributed by atoms with van der Waals surface area (Å²) in [7, 11) is 0.